The van der Waals surface area contributed by atoms with Crippen LogP contribution in [0.15, 0.2) is 11.0 Å². The molecule has 0 saturated carbocycles. The number of halogens is 1. The van der Waals surface area contributed by atoms with Crippen molar-refractivity contribution < 1.29 is 4.79 Å². The molecular weight excluding hydrogens is 280 g/mol. The number of unbranched alkanes of at least 4 members (excludes halogenated alkanes) is 1. The first-order valence-electron chi connectivity index (χ1n) is 6.81. The van der Waals surface area contributed by atoms with E-state index in [1.54, 1.807) is 6.92 Å². The number of aromatic nitrogens is 2. The maximum absolute atomic E-state index is 12.0. The second-order valence-electron chi connectivity index (χ2n) is 4.51. The molecule has 0 aliphatic rings. The van der Waals surface area contributed by atoms with Gasteiger partial charge in [-0.3, -0.25) is 9.59 Å². The van der Waals surface area contributed by atoms with Crippen molar-refractivity contribution in [2.24, 2.45) is 0 Å². The maximum Gasteiger partial charge on any atom is 0.287 e. The minimum atomic E-state index is -0.486. The molecule has 1 aromatic rings. The zero-order valence-electron chi connectivity index (χ0n) is 12.1. The lowest BCUT2D eigenvalue weighted by atomic mass is 10.3. The summed E-state index contributed by atoms with van der Waals surface area (Å²) in [5.74, 6) is -0.154. The summed E-state index contributed by atoms with van der Waals surface area (Å²) in [5, 5.41) is 9.71. The number of hydrogen-bond acceptors (Lipinski definition) is 4. The van der Waals surface area contributed by atoms with Gasteiger partial charge in [0, 0.05) is 13.1 Å². The molecule has 2 N–H and O–H groups in total. The van der Waals surface area contributed by atoms with E-state index in [-0.39, 0.29) is 16.5 Å². The molecule has 1 aromatic heterocycles. The molecule has 6 nitrogen and oxygen atoms in total. The van der Waals surface area contributed by atoms with Gasteiger partial charge in [0.2, 0.25) is 5.91 Å². The Hall–Kier alpha value is -1.56. The van der Waals surface area contributed by atoms with Gasteiger partial charge in [0.05, 0.1) is 11.9 Å². The van der Waals surface area contributed by atoms with Gasteiger partial charge < -0.3 is 10.6 Å². The van der Waals surface area contributed by atoms with Crippen LogP contribution >= 0.6 is 11.6 Å². The minimum absolute atomic E-state index is 0.0623. The van der Waals surface area contributed by atoms with E-state index in [2.05, 4.69) is 15.7 Å². The number of nitrogens with zero attached hydrogens (tertiary/aromatic N) is 2. The van der Waals surface area contributed by atoms with Gasteiger partial charge in [-0.2, -0.15) is 5.10 Å². The summed E-state index contributed by atoms with van der Waals surface area (Å²) in [6, 6.07) is -0.486. The van der Waals surface area contributed by atoms with Crippen molar-refractivity contribution in [2.45, 2.75) is 46.2 Å². The van der Waals surface area contributed by atoms with Crippen molar-refractivity contribution in [3.63, 3.8) is 0 Å². The van der Waals surface area contributed by atoms with Crippen LogP contribution in [0.5, 0.6) is 0 Å². The second kappa shape index (κ2) is 7.89. The zero-order chi connectivity index (χ0) is 15.1. The highest BCUT2D eigenvalue weighted by atomic mass is 35.5. The summed E-state index contributed by atoms with van der Waals surface area (Å²) < 4.78 is 1.34. The Bertz CT molecular complexity index is 516. The van der Waals surface area contributed by atoms with Crippen LogP contribution < -0.4 is 16.2 Å². The Labute approximate surface area is 123 Å². The average molecular weight is 301 g/mol. The molecule has 0 spiro atoms. The van der Waals surface area contributed by atoms with Gasteiger partial charge in [-0.05, 0) is 20.3 Å². The zero-order valence-corrected chi connectivity index (χ0v) is 12.8. The van der Waals surface area contributed by atoms with E-state index in [0.717, 1.165) is 12.8 Å². The number of rotatable bonds is 7. The molecule has 1 unspecified atom stereocenters. The SMILES string of the molecule is CCCCn1ncc(NC(C)C(=O)NCC)c(Cl)c1=O. The summed E-state index contributed by atoms with van der Waals surface area (Å²) in [6.07, 6.45) is 3.32. The van der Waals surface area contributed by atoms with Crippen molar-refractivity contribution in [1.82, 2.24) is 15.1 Å². The first-order chi connectivity index (χ1) is 9.51. The highest BCUT2D eigenvalue weighted by Gasteiger charge is 2.15. The monoisotopic (exact) mass is 300 g/mol. The highest BCUT2D eigenvalue weighted by Crippen LogP contribution is 2.16. The van der Waals surface area contributed by atoms with Gasteiger partial charge in [0.15, 0.2) is 0 Å². The predicted molar refractivity (Wildman–Crippen MR) is 80.2 cm³/mol. The maximum atomic E-state index is 12.0. The Morgan fingerprint density at radius 1 is 1.50 bits per heavy atom. The quantitative estimate of drug-likeness (QED) is 0.802. The lowest BCUT2D eigenvalue weighted by molar-refractivity contribution is -0.121. The van der Waals surface area contributed by atoms with E-state index in [9.17, 15) is 9.59 Å². The van der Waals surface area contributed by atoms with Crippen LogP contribution in [0.2, 0.25) is 5.02 Å². The Morgan fingerprint density at radius 2 is 2.20 bits per heavy atom. The van der Waals surface area contributed by atoms with Crippen LogP contribution in [-0.4, -0.2) is 28.3 Å². The summed E-state index contributed by atoms with van der Waals surface area (Å²) >= 11 is 6.04. The molecule has 0 aromatic carbocycles. The van der Waals surface area contributed by atoms with Gasteiger partial charge in [-0.1, -0.05) is 24.9 Å². The Morgan fingerprint density at radius 3 is 2.80 bits per heavy atom. The average Bonchev–Trinajstić information content (AvgIpc) is 2.43. The van der Waals surface area contributed by atoms with Crippen molar-refractivity contribution in [2.75, 3.05) is 11.9 Å². The van der Waals surface area contributed by atoms with E-state index < -0.39 is 6.04 Å². The third-order valence-electron chi connectivity index (χ3n) is 2.82. The van der Waals surface area contributed by atoms with Crippen molar-refractivity contribution in [3.05, 3.63) is 21.6 Å². The molecule has 0 saturated heterocycles. The fourth-order valence-electron chi connectivity index (χ4n) is 1.66. The Balaban J connectivity index is 2.85. The van der Waals surface area contributed by atoms with Gasteiger partial charge in [-0.25, -0.2) is 4.68 Å². The van der Waals surface area contributed by atoms with Gasteiger partial charge in [0.25, 0.3) is 5.56 Å². The first kappa shape index (κ1) is 16.5. The van der Waals surface area contributed by atoms with Crippen LogP contribution in [0.25, 0.3) is 0 Å². The Kier molecular flexibility index (Phi) is 6.51. The minimum Gasteiger partial charge on any atom is -0.371 e. The molecule has 0 bridgehead atoms. The number of anilines is 1. The normalized spacial score (nSPS) is 12.0. The molecule has 0 fully saturated rings. The number of likely N-dealkylation sites (N-methyl/N-ethyl adjacent to an activating group) is 1. The summed E-state index contributed by atoms with van der Waals surface area (Å²) in [7, 11) is 0. The van der Waals surface area contributed by atoms with E-state index >= 15 is 0 Å². The second-order valence-corrected chi connectivity index (χ2v) is 4.89. The number of carbonyl (C=O) groups excluding carboxylic acids is 1. The van der Waals surface area contributed by atoms with Gasteiger partial charge in [0.1, 0.15) is 11.1 Å². The molecule has 1 amide bonds. The van der Waals surface area contributed by atoms with Gasteiger partial charge >= 0.3 is 0 Å². The van der Waals surface area contributed by atoms with Crippen LogP contribution in [0, 0.1) is 0 Å². The molecule has 20 heavy (non-hydrogen) atoms. The van der Waals surface area contributed by atoms with Gasteiger partial charge in [-0.15, -0.1) is 0 Å². The fraction of sp³-hybridized carbons (Fsp3) is 0.615. The molecule has 112 valence electrons. The van der Waals surface area contributed by atoms with Crippen molar-refractivity contribution in [3.8, 4) is 0 Å². The molecular formula is C13H21ClN4O2. The van der Waals surface area contributed by atoms with E-state index in [1.807, 2.05) is 13.8 Å². The molecule has 0 radical (unpaired) electrons. The van der Waals surface area contributed by atoms with Crippen LogP contribution in [0.4, 0.5) is 5.69 Å². The number of aryl methyl sites for hydroxylation is 1. The van der Waals surface area contributed by atoms with Crippen LogP contribution in [0.3, 0.4) is 0 Å². The molecule has 1 atom stereocenters. The van der Waals surface area contributed by atoms with Crippen molar-refractivity contribution in [1.29, 1.82) is 0 Å². The lowest BCUT2D eigenvalue weighted by Crippen LogP contribution is -2.38. The smallest absolute Gasteiger partial charge is 0.287 e. The molecule has 7 heteroatoms. The third kappa shape index (κ3) is 4.23. The summed E-state index contributed by atoms with van der Waals surface area (Å²) in [5.41, 5.74) is 0.0383. The van der Waals surface area contributed by atoms with E-state index in [0.29, 0.717) is 18.8 Å². The summed E-state index contributed by atoms with van der Waals surface area (Å²) in [6.45, 7) is 6.67. The van der Waals surface area contributed by atoms with Crippen LogP contribution in [0.1, 0.15) is 33.6 Å². The standard InChI is InChI=1S/C13H21ClN4O2/c1-4-6-7-18-13(20)11(14)10(8-16-18)17-9(3)12(19)15-5-2/h8-9,17H,4-7H2,1-3H3,(H,15,19). The topological polar surface area (TPSA) is 76.0 Å². The summed E-state index contributed by atoms with van der Waals surface area (Å²) in [4.78, 5) is 23.6. The predicted octanol–water partition coefficient (Wildman–Crippen LogP) is 1.63. The number of amides is 1. The third-order valence-corrected chi connectivity index (χ3v) is 3.19. The number of carbonyl (C=O) groups is 1. The number of nitrogens with one attached hydrogen (secondary N) is 2. The molecule has 1 rings (SSSR count). The largest absolute Gasteiger partial charge is 0.371 e. The van der Waals surface area contributed by atoms with E-state index in [4.69, 9.17) is 11.6 Å². The molecule has 0 aliphatic heterocycles. The lowest BCUT2D eigenvalue weighted by Gasteiger charge is -2.15. The fourth-order valence-corrected chi connectivity index (χ4v) is 1.86. The van der Waals surface area contributed by atoms with Crippen LogP contribution in [-0.2, 0) is 11.3 Å². The first-order valence-corrected chi connectivity index (χ1v) is 7.18. The molecule has 0 aliphatic carbocycles. The van der Waals surface area contributed by atoms with E-state index in [1.165, 1.54) is 10.9 Å². The molecule has 1 heterocycles. The van der Waals surface area contributed by atoms with Crippen molar-refractivity contribution >= 4 is 23.2 Å². The highest BCUT2D eigenvalue weighted by molar-refractivity contribution is 6.33. The number of hydrogen-bond donors (Lipinski definition) is 2.